The smallest absolute Gasteiger partial charge is 0.133 e. The molecule has 1 aromatic rings. The van der Waals surface area contributed by atoms with Crippen LogP contribution >= 0.6 is 0 Å². The molecule has 0 spiro atoms. The normalized spacial score (nSPS) is 45.1. The molecule has 4 aliphatic carbocycles. The van der Waals surface area contributed by atoms with E-state index in [0.717, 1.165) is 37.2 Å². The molecule has 0 radical (unpaired) electrons. The number of phenolic OH excluding ortho intramolecular Hbond substituents is 1. The van der Waals surface area contributed by atoms with Gasteiger partial charge in [0.05, 0.1) is 0 Å². The van der Waals surface area contributed by atoms with Gasteiger partial charge in [0.15, 0.2) is 0 Å². The molecular formula is C29H38O3. The van der Waals surface area contributed by atoms with Crippen LogP contribution in [0.4, 0.5) is 0 Å². The van der Waals surface area contributed by atoms with Crippen LogP contribution < -0.4 is 0 Å². The lowest BCUT2D eigenvalue weighted by Crippen LogP contribution is -2.56. The van der Waals surface area contributed by atoms with Crippen LogP contribution in [0, 0.1) is 52.3 Å². The van der Waals surface area contributed by atoms with Crippen molar-refractivity contribution in [2.24, 2.45) is 40.4 Å². The van der Waals surface area contributed by atoms with Crippen LogP contribution in [0.5, 0.6) is 5.75 Å². The summed E-state index contributed by atoms with van der Waals surface area (Å²) in [5.41, 5.74) is 0.303. The van der Waals surface area contributed by atoms with Gasteiger partial charge in [0.1, 0.15) is 17.1 Å². The predicted octanol–water partition coefficient (Wildman–Crippen LogP) is 5.72. The van der Waals surface area contributed by atoms with Gasteiger partial charge in [-0.05, 0) is 117 Å². The average Bonchev–Trinajstić information content (AvgIpc) is 3.11. The van der Waals surface area contributed by atoms with Gasteiger partial charge in [-0.25, -0.2) is 0 Å². The summed E-state index contributed by atoms with van der Waals surface area (Å²) < 4.78 is 0. The maximum atomic E-state index is 12.4. The molecule has 0 heterocycles. The molecule has 1 aromatic carbocycles. The maximum Gasteiger partial charge on any atom is 0.133 e. The molecule has 5 rings (SSSR count). The van der Waals surface area contributed by atoms with Crippen LogP contribution in [0.2, 0.25) is 0 Å². The number of carbonyl (C=O) groups is 1. The van der Waals surface area contributed by atoms with E-state index < -0.39 is 5.60 Å². The first-order valence-electron chi connectivity index (χ1n) is 12.7. The quantitative estimate of drug-likeness (QED) is 0.556. The van der Waals surface area contributed by atoms with E-state index in [1.807, 2.05) is 13.0 Å². The first-order valence-corrected chi connectivity index (χ1v) is 12.7. The van der Waals surface area contributed by atoms with Crippen molar-refractivity contribution in [3.05, 3.63) is 29.8 Å². The highest BCUT2D eigenvalue weighted by Gasteiger charge is 2.61. The summed E-state index contributed by atoms with van der Waals surface area (Å²) in [5.74, 6) is 9.84. The van der Waals surface area contributed by atoms with E-state index >= 15 is 0 Å². The number of carbonyl (C=O) groups excluding carboxylic acids is 1. The van der Waals surface area contributed by atoms with Gasteiger partial charge in [-0.2, -0.15) is 0 Å². The summed E-state index contributed by atoms with van der Waals surface area (Å²) in [6.07, 6.45) is 9.67. The Morgan fingerprint density at radius 2 is 1.78 bits per heavy atom. The fourth-order valence-corrected chi connectivity index (χ4v) is 8.80. The minimum atomic E-state index is -0.932. The standard InChI is InChI=1S/C29H38O3/c1-19(30)24-9-10-25-23-8-7-21-18-29(32,14-11-20-5-4-6-22(31)17-20)16-15-27(21,2)26(23)12-13-28(24,25)3/h4-6,17,21,23-26,31-32H,7-10,12-13,15-16,18H2,1-3H3/t21?,23-,24+,25-,26-,27-,28+,29?/m0/s1. The molecule has 4 aliphatic rings. The van der Waals surface area contributed by atoms with E-state index in [2.05, 4.69) is 25.7 Å². The first-order chi connectivity index (χ1) is 15.1. The Kier molecular flexibility index (Phi) is 5.25. The number of Topliss-reactive ketones (excluding diaryl/α,β-unsaturated/α-hetero) is 1. The number of ketones is 1. The average molecular weight is 435 g/mol. The van der Waals surface area contributed by atoms with Crippen molar-refractivity contribution in [1.82, 2.24) is 0 Å². The third kappa shape index (κ3) is 3.41. The zero-order chi connectivity index (χ0) is 22.7. The van der Waals surface area contributed by atoms with Crippen LogP contribution in [-0.2, 0) is 4.79 Å². The number of aliphatic hydroxyl groups is 1. The Morgan fingerprint density at radius 1 is 1.00 bits per heavy atom. The van der Waals surface area contributed by atoms with Crippen LogP contribution in [0.3, 0.4) is 0 Å². The van der Waals surface area contributed by atoms with E-state index in [1.54, 1.807) is 18.2 Å². The second-order valence-corrected chi connectivity index (χ2v) is 12.0. The van der Waals surface area contributed by atoms with Crippen molar-refractivity contribution in [2.75, 3.05) is 0 Å². The van der Waals surface area contributed by atoms with Gasteiger partial charge in [-0.3, -0.25) is 4.79 Å². The van der Waals surface area contributed by atoms with Crippen molar-refractivity contribution in [3.8, 4) is 17.6 Å². The van der Waals surface area contributed by atoms with Crippen molar-refractivity contribution in [3.63, 3.8) is 0 Å². The van der Waals surface area contributed by atoms with Gasteiger partial charge in [-0.1, -0.05) is 31.8 Å². The lowest BCUT2D eigenvalue weighted by atomic mass is 9.44. The molecule has 0 aliphatic heterocycles. The fourth-order valence-electron chi connectivity index (χ4n) is 8.80. The molecule has 2 N–H and O–H groups in total. The largest absolute Gasteiger partial charge is 0.508 e. The minimum Gasteiger partial charge on any atom is -0.508 e. The van der Waals surface area contributed by atoms with Crippen LogP contribution in [0.25, 0.3) is 0 Å². The molecule has 2 unspecified atom stereocenters. The highest BCUT2D eigenvalue weighted by molar-refractivity contribution is 5.79. The summed E-state index contributed by atoms with van der Waals surface area (Å²) in [6.45, 7) is 6.72. The molecule has 3 heteroatoms. The monoisotopic (exact) mass is 434 g/mol. The summed E-state index contributed by atoms with van der Waals surface area (Å²) in [5, 5.41) is 21.1. The van der Waals surface area contributed by atoms with Crippen LogP contribution in [-0.4, -0.2) is 21.6 Å². The summed E-state index contributed by atoms with van der Waals surface area (Å²) in [4.78, 5) is 12.4. The number of benzene rings is 1. The number of aromatic hydroxyl groups is 1. The Labute approximate surface area is 193 Å². The van der Waals surface area contributed by atoms with Gasteiger partial charge in [-0.15, -0.1) is 0 Å². The van der Waals surface area contributed by atoms with E-state index in [1.165, 1.54) is 32.1 Å². The van der Waals surface area contributed by atoms with E-state index in [-0.39, 0.29) is 22.5 Å². The minimum absolute atomic E-state index is 0.207. The van der Waals surface area contributed by atoms with E-state index in [4.69, 9.17) is 0 Å². The van der Waals surface area contributed by atoms with Crippen LogP contribution in [0.1, 0.15) is 84.1 Å². The summed E-state index contributed by atoms with van der Waals surface area (Å²) in [7, 11) is 0. The Morgan fingerprint density at radius 3 is 2.53 bits per heavy atom. The zero-order valence-corrected chi connectivity index (χ0v) is 19.9. The maximum absolute atomic E-state index is 12.4. The number of hydrogen-bond acceptors (Lipinski definition) is 3. The lowest BCUT2D eigenvalue weighted by molar-refractivity contribution is -0.144. The lowest BCUT2D eigenvalue weighted by Gasteiger charge is -2.61. The Bertz CT molecular complexity index is 972. The van der Waals surface area contributed by atoms with Crippen molar-refractivity contribution in [2.45, 2.75) is 84.2 Å². The second kappa shape index (κ2) is 7.63. The third-order valence-corrected chi connectivity index (χ3v) is 10.5. The molecule has 4 saturated carbocycles. The molecule has 3 nitrogen and oxygen atoms in total. The van der Waals surface area contributed by atoms with Crippen molar-refractivity contribution in [1.29, 1.82) is 0 Å². The molecule has 4 fully saturated rings. The topological polar surface area (TPSA) is 57.5 Å². The molecule has 0 saturated heterocycles. The zero-order valence-electron chi connectivity index (χ0n) is 19.9. The van der Waals surface area contributed by atoms with Crippen molar-refractivity contribution >= 4 is 5.78 Å². The van der Waals surface area contributed by atoms with Gasteiger partial charge in [0.2, 0.25) is 0 Å². The summed E-state index contributed by atoms with van der Waals surface area (Å²) >= 11 is 0. The molecule has 0 bridgehead atoms. The summed E-state index contributed by atoms with van der Waals surface area (Å²) in [6, 6.07) is 6.97. The van der Waals surface area contributed by atoms with Gasteiger partial charge >= 0.3 is 0 Å². The number of hydrogen-bond donors (Lipinski definition) is 2. The van der Waals surface area contributed by atoms with Crippen LogP contribution in [0.15, 0.2) is 24.3 Å². The first kappa shape index (κ1) is 22.0. The molecular weight excluding hydrogens is 396 g/mol. The fraction of sp³-hybridized carbons (Fsp3) is 0.690. The Hall–Kier alpha value is -1.79. The second-order valence-electron chi connectivity index (χ2n) is 12.0. The van der Waals surface area contributed by atoms with Gasteiger partial charge in [0, 0.05) is 11.5 Å². The predicted molar refractivity (Wildman–Crippen MR) is 126 cm³/mol. The number of fused-ring (bicyclic) bond motifs is 5. The molecule has 8 atom stereocenters. The number of phenols is 1. The molecule has 0 aromatic heterocycles. The van der Waals surface area contributed by atoms with Crippen molar-refractivity contribution < 1.29 is 15.0 Å². The highest BCUT2D eigenvalue weighted by Crippen LogP contribution is 2.68. The molecule has 172 valence electrons. The molecule has 0 amide bonds. The Balaban J connectivity index is 1.35. The SMILES string of the molecule is CC(=O)[C@H]1CC[C@H]2[C@@H]3CCC4CC(O)(C#Cc5cccc(O)c5)CC[C@]4(C)[C@H]3CC[C@]12C. The van der Waals surface area contributed by atoms with E-state index in [9.17, 15) is 15.0 Å². The van der Waals surface area contributed by atoms with Gasteiger partial charge < -0.3 is 10.2 Å². The highest BCUT2D eigenvalue weighted by atomic mass is 16.3. The van der Waals surface area contributed by atoms with Gasteiger partial charge in [0.25, 0.3) is 0 Å². The number of rotatable bonds is 1. The van der Waals surface area contributed by atoms with E-state index in [0.29, 0.717) is 23.5 Å². The molecule has 32 heavy (non-hydrogen) atoms. The third-order valence-electron chi connectivity index (χ3n) is 10.5.